The van der Waals surface area contributed by atoms with Crippen LogP contribution >= 0.6 is 11.8 Å². The minimum absolute atomic E-state index is 0.0193. The van der Waals surface area contributed by atoms with E-state index in [2.05, 4.69) is 15.5 Å². The van der Waals surface area contributed by atoms with E-state index in [0.29, 0.717) is 22.8 Å². The number of rotatable bonds is 8. The number of nitrogens with zero attached hydrogens (tertiary/aromatic N) is 2. The van der Waals surface area contributed by atoms with Gasteiger partial charge in [-0.15, -0.1) is 10.2 Å². The fraction of sp³-hybridized carbons (Fsp3) is 0.350. The summed E-state index contributed by atoms with van der Waals surface area (Å²) >= 11 is 1.22. The average Bonchev–Trinajstić information content (AvgIpc) is 3.29. The molecule has 0 radical (unpaired) electrons. The summed E-state index contributed by atoms with van der Waals surface area (Å²) in [6, 6.07) is 9.65. The largest absolute Gasteiger partial charge is 0.497 e. The van der Waals surface area contributed by atoms with Crippen LogP contribution in [0.25, 0.3) is 11.5 Å². The fourth-order valence-electron chi connectivity index (χ4n) is 3.04. The van der Waals surface area contributed by atoms with Gasteiger partial charge in [-0.3, -0.25) is 4.79 Å². The van der Waals surface area contributed by atoms with Crippen LogP contribution in [0.3, 0.4) is 0 Å². The number of hydrogen-bond acceptors (Lipinski definition) is 7. The number of ether oxygens (including phenoxy) is 1. The second kappa shape index (κ2) is 8.10. The van der Waals surface area contributed by atoms with Crippen molar-refractivity contribution in [2.45, 2.75) is 31.0 Å². The van der Waals surface area contributed by atoms with Crippen molar-refractivity contribution < 1.29 is 18.4 Å². The van der Waals surface area contributed by atoms with E-state index in [4.69, 9.17) is 13.6 Å². The van der Waals surface area contributed by atoms with Crippen molar-refractivity contribution in [2.24, 2.45) is 5.92 Å². The highest BCUT2D eigenvalue weighted by atomic mass is 32.2. The minimum atomic E-state index is -0.0584. The van der Waals surface area contributed by atoms with Crippen LogP contribution in [0.5, 0.6) is 5.75 Å². The molecule has 1 aromatic carbocycles. The summed E-state index contributed by atoms with van der Waals surface area (Å²) < 4.78 is 16.1. The zero-order chi connectivity index (χ0) is 19.5. The van der Waals surface area contributed by atoms with Crippen molar-refractivity contribution >= 4 is 17.7 Å². The molecular formula is C20H21N3O4S. The zero-order valence-electron chi connectivity index (χ0n) is 15.7. The van der Waals surface area contributed by atoms with Crippen LogP contribution < -0.4 is 10.1 Å². The predicted octanol–water partition coefficient (Wildman–Crippen LogP) is 4.01. The highest BCUT2D eigenvalue weighted by Gasteiger charge is 2.33. The van der Waals surface area contributed by atoms with E-state index in [1.165, 1.54) is 11.8 Å². The highest BCUT2D eigenvalue weighted by molar-refractivity contribution is 7.99. The summed E-state index contributed by atoms with van der Waals surface area (Å²) in [7, 11) is 1.64. The van der Waals surface area contributed by atoms with Gasteiger partial charge in [0.15, 0.2) is 0 Å². The lowest BCUT2D eigenvalue weighted by Gasteiger charge is -2.19. The SMILES string of the molecule is COc1ccc(C(NC(=O)CSc2nnc(-c3ccoc3C)o2)C2CC2)cc1. The van der Waals surface area contributed by atoms with Crippen molar-refractivity contribution in [1.29, 1.82) is 0 Å². The average molecular weight is 399 g/mol. The second-order valence-corrected chi connectivity index (χ2v) is 7.63. The van der Waals surface area contributed by atoms with E-state index >= 15 is 0 Å². The Morgan fingerprint density at radius 1 is 1.29 bits per heavy atom. The lowest BCUT2D eigenvalue weighted by molar-refractivity contribution is -0.119. The molecule has 0 saturated heterocycles. The Kier molecular flexibility index (Phi) is 5.38. The summed E-state index contributed by atoms with van der Waals surface area (Å²) in [4.78, 5) is 12.5. The van der Waals surface area contributed by atoms with Gasteiger partial charge in [-0.25, -0.2) is 0 Å². The van der Waals surface area contributed by atoms with Gasteiger partial charge in [-0.05, 0) is 49.4 Å². The molecule has 3 aromatic rings. The molecule has 8 heteroatoms. The molecular weight excluding hydrogens is 378 g/mol. The quantitative estimate of drug-likeness (QED) is 0.572. The maximum absolute atomic E-state index is 12.5. The molecule has 1 fully saturated rings. The Morgan fingerprint density at radius 3 is 2.71 bits per heavy atom. The van der Waals surface area contributed by atoms with Gasteiger partial charge in [0.05, 0.1) is 30.7 Å². The maximum Gasteiger partial charge on any atom is 0.277 e. The molecule has 1 amide bonds. The van der Waals surface area contributed by atoms with Crippen molar-refractivity contribution in [3.8, 4) is 17.2 Å². The van der Waals surface area contributed by atoms with E-state index in [9.17, 15) is 4.79 Å². The first-order chi connectivity index (χ1) is 13.6. The van der Waals surface area contributed by atoms with Gasteiger partial charge in [0.2, 0.25) is 5.91 Å². The number of nitrogens with one attached hydrogen (secondary N) is 1. The Balaban J connectivity index is 1.35. The molecule has 0 bridgehead atoms. The molecule has 146 valence electrons. The standard InChI is InChI=1S/C20H21N3O4S/c1-12-16(9-10-26-12)19-22-23-20(27-19)28-11-17(24)21-18(13-3-4-13)14-5-7-15(25-2)8-6-14/h5-10,13,18H,3-4,11H2,1-2H3,(H,21,24). The maximum atomic E-state index is 12.5. The number of methoxy groups -OCH3 is 1. The van der Waals surface area contributed by atoms with Gasteiger partial charge in [-0.2, -0.15) is 0 Å². The number of benzene rings is 1. The summed E-state index contributed by atoms with van der Waals surface area (Å²) in [5, 5.41) is 11.5. The molecule has 1 aliphatic rings. The van der Waals surface area contributed by atoms with Gasteiger partial charge in [0.1, 0.15) is 11.5 Å². The first kappa shape index (κ1) is 18.6. The molecule has 0 aliphatic heterocycles. The zero-order valence-corrected chi connectivity index (χ0v) is 16.5. The van der Waals surface area contributed by atoms with Crippen LogP contribution in [0.15, 0.2) is 50.7 Å². The summed E-state index contributed by atoms with van der Waals surface area (Å²) in [5.41, 5.74) is 1.86. The van der Waals surface area contributed by atoms with E-state index in [-0.39, 0.29) is 17.7 Å². The van der Waals surface area contributed by atoms with Crippen molar-refractivity contribution in [2.75, 3.05) is 12.9 Å². The number of carbonyl (C=O) groups is 1. The van der Waals surface area contributed by atoms with Crippen LogP contribution in [0.2, 0.25) is 0 Å². The molecule has 2 heterocycles. The van der Waals surface area contributed by atoms with Crippen molar-refractivity contribution in [3.63, 3.8) is 0 Å². The Morgan fingerprint density at radius 2 is 2.07 bits per heavy atom. The van der Waals surface area contributed by atoms with Crippen LogP contribution in [0, 0.1) is 12.8 Å². The third-order valence-corrected chi connectivity index (χ3v) is 5.53. The number of hydrogen-bond donors (Lipinski definition) is 1. The van der Waals surface area contributed by atoms with Crippen LogP contribution in [0.4, 0.5) is 0 Å². The number of carbonyl (C=O) groups excluding carboxylic acids is 1. The molecule has 2 aromatic heterocycles. The highest BCUT2D eigenvalue weighted by Crippen LogP contribution is 2.41. The third-order valence-electron chi connectivity index (χ3n) is 4.71. The Bertz CT molecular complexity index is 947. The van der Waals surface area contributed by atoms with Gasteiger partial charge in [0, 0.05) is 0 Å². The monoisotopic (exact) mass is 399 g/mol. The predicted molar refractivity (Wildman–Crippen MR) is 104 cm³/mol. The van der Waals surface area contributed by atoms with E-state index in [0.717, 1.165) is 29.7 Å². The minimum Gasteiger partial charge on any atom is -0.497 e. The Hall–Kier alpha value is -2.74. The van der Waals surface area contributed by atoms with E-state index in [1.54, 1.807) is 19.4 Å². The molecule has 1 N–H and O–H groups in total. The van der Waals surface area contributed by atoms with Crippen LogP contribution in [0.1, 0.15) is 30.2 Å². The van der Waals surface area contributed by atoms with Gasteiger partial charge in [0.25, 0.3) is 11.1 Å². The number of aryl methyl sites for hydroxylation is 1. The fourth-order valence-corrected chi connectivity index (χ4v) is 3.61. The molecule has 28 heavy (non-hydrogen) atoms. The lowest BCUT2D eigenvalue weighted by atomic mass is 10.0. The van der Waals surface area contributed by atoms with E-state index < -0.39 is 0 Å². The second-order valence-electron chi connectivity index (χ2n) is 6.71. The van der Waals surface area contributed by atoms with Gasteiger partial charge in [-0.1, -0.05) is 23.9 Å². The summed E-state index contributed by atoms with van der Waals surface area (Å²) in [6.07, 6.45) is 3.83. The number of amides is 1. The first-order valence-corrected chi connectivity index (χ1v) is 10.1. The first-order valence-electron chi connectivity index (χ1n) is 9.08. The molecule has 1 saturated carbocycles. The number of aromatic nitrogens is 2. The molecule has 4 rings (SSSR count). The summed E-state index contributed by atoms with van der Waals surface area (Å²) in [5.74, 6) is 2.55. The lowest BCUT2D eigenvalue weighted by Crippen LogP contribution is -2.31. The van der Waals surface area contributed by atoms with E-state index in [1.807, 2.05) is 31.2 Å². The van der Waals surface area contributed by atoms with Crippen LogP contribution in [-0.4, -0.2) is 29.0 Å². The topological polar surface area (TPSA) is 90.4 Å². The van der Waals surface area contributed by atoms with Gasteiger partial charge >= 0.3 is 0 Å². The molecule has 1 atom stereocenters. The van der Waals surface area contributed by atoms with Crippen molar-refractivity contribution in [3.05, 3.63) is 47.9 Å². The van der Waals surface area contributed by atoms with Gasteiger partial charge < -0.3 is 18.9 Å². The van der Waals surface area contributed by atoms with Crippen molar-refractivity contribution in [1.82, 2.24) is 15.5 Å². The third kappa shape index (κ3) is 4.22. The Labute approximate surface area is 166 Å². The van der Waals surface area contributed by atoms with Crippen LogP contribution in [-0.2, 0) is 4.79 Å². The number of thioether (sulfide) groups is 1. The smallest absolute Gasteiger partial charge is 0.277 e. The molecule has 1 aliphatic carbocycles. The molecule has 0 spiro atoms. The number of furan rings is 1. The normalized spacial score (nSPS) is 14.6. The summed E-state index contributed by atoms with van der Waals surface area (Å²) in [6.45, 7) is 1.83. The molecule has 7 nitrogen and oxygen atoms in total. The molecule has 1 unspecified atom stereocenters.